The van der Waals surface area contributed by atoms with Gasteiger partial charge in [-0.3, -0.25) is 9.59 Å². The molecule has 0 aliphatic carbocycles. The molecule has 11 nitrogen and oxygen atoms in total. The molecule has 244 valence electrons. The highest BCUT2D eigenvalue weighted by Gasteiger charge is 2.15. The number of H-pyrrole nitrogens is 1. The number of carbonyl (C=O) groups is 2. The van der Waals surface area contributed by atoms with Crippen molar-refractivity contribution in [3.05, 3.63) is 62.2 Å². The van der Waals surface area contributed by atoms with Crippen molar-refractivity contribution < 1.29 is 29.6 Å². The average molecular weight is 653 g/mol. The van der Waals surface area contributed by atoms with Gasteiger partial charge < -0.3 is 40.2 Å². The van der Waals surface area contributed by atoms with Crippen LogP contribution in [0.3, 0.4) is 0 Å². The fraction of sp³-hybridized carbons (Fsp3) is 0.516. The summed E-state index contributed by atoms with van der Waals surface area (Å²) < 4.78 is 6.54. The number of phenols is 1. The number of hydrogen-bond acceptors (Lipinski definition) is 9. The number of ether oxygens (including phenoxy) is 1. The second-order valence-corrected chi connectivity index (χ2v) is 11.5. The van der Waals surface area contributed by atoms with Gasteiger partial charge in [-0.05, 0) is 68.7 Å². The number of nitrogens with one attached hydrogen (secondary N) is 2. The Morgan fingerprint density at radius 3 is 2.45 bits per heavy atom. The Bertz CT molecular complexity index is 1360. The largest absolute Gasteiger partial charge is 0.506 e. The van der Waals surface area contributed by atoms with Gasteiger partial charge in [-0.2, -0.15) is 0 Å². The molecule has 13 heteroatoms. The summed E-state index contributed by atoms with van der Waals surface area (Å²) in [5.74, 6) is -1.00. The van der Waals surface area contributed by atoms with E-state index in [0.29, 0.717) is 56.4 Å². The van der Waals surface area contributed by atoms with Crippen molar-refractivity contribution in [2.75, 3.05) is 59.0 Å². The minimum Gasteiger partial charge on any atom is -0.506 e. The lowest BCUT2D eigenvalue weighted by atomic mass is 10.1. The van der Waals surface area contributed by atoms with Crippen molar-refractivity contribution >= 4 is 45.0 Å². The van der Waals surface area contributed by atoms with Gasteiger partial charge in [0.1, 0.15) is 17.4 Å². The van der Waals surface area contributed by atoms with Gasteiger partial charge in [0, 0.05) is 31.2 Å². The van der Waals surface area contributed by atoms with Gasteiger partial charge in [-0.1, -0.05) is 55.0 Å². The molecule has 0 radical (unpaired) electrons. The van der Waals surface area contributed by atoms with Gasteiger partial charge in [-0.15, -0.1) is 0 Å². The Kier molecular flexibility index (Phi) is 17.0. The SMILES string of the molecule is CCN(CC)CCN(CCNCCc1ccc(O)c2[nH]c(=O)sc12)C(=O)CCOCCc1cccc(Cl)c1.C[C@@H](O)C(=O)O. The number of aromatic hydroxyl groups is 1. The molecule has 44 heavy (non-hydrogen) atoms. The Labute approximate surface area is 267 Å². The first-order chi connectivity index (χ1) is 21.0. The highest BCUT2D eigenvalue weighted by atomic mass is 35.5. The van der Waals surface area contributed by atoms with Crippen molar-refractivity contribution in [1.29, 1.82) is 0 Å². The van der Waals surface area contributed by atoms with E-state index in [2.05, 4.69) is 29.0 Å². The van der Waals surface area contributed by atoms with Crippen molar-refractivity contribution in [1.82, 2.24) is 20.1 Å². The molecule has 2 aromatic carbocycles. The number of benzene rings is 2. The number of rotatable bonds is 18. The quantitative estimate of drug-likeness (QED) is 0.130. The lowest BCUT2D eigenvalue weighted by Gasteiger charge is -2.27. The molecular weight excluding hydrogens is 608 g/mol. The zero-order valence-corrected chi connectivity index (χ0v) is 27.3. The molecular formula is C31H45ClN4O7S. The first-order valence-electron chi connectivity index (χ1n) is 14.8. The van der Waals surface area contributed by atoms with Crippen LogP contribution in [-0.4, -0.2) is 107 Å². The van der Waals surface area contributed by atoms with Crippen LogP contribution in [0.25, 0.3) is 10.2 Å². The van der Waals surface area contributed by atoms with Gasteiger partial charge in [-0.25, -0.2) is 4.79 Å². The third-order valence-corrected chi connectivity index (χ3v) is 8.14. The van der Waals surface area contributed by atoms with Crippen LogP contribution in [0.15, 0.2) is 41.2 Å². The molecule has 0 saturated carbocycles. The first-order valence-corrected chi connectivity index (χ1v) is 16.0. The summed E-state index contributed by atoms with van der Waals surface area (Å²) in [5.41, 5.74) is 2.63. The maximum absolute atomic E-state index is 13.0. The standard InChI is InChI=1S/C28H39ClN4O4S.C3H6O3/c1-3-32(4-2)16-17-33(25(35)12-19-37-18-11-21-6-5-7-23(29)20-21)15-14-30-13-10-22-8-9-24(34)26-27(22)38-28(36)31-26;1-2(4)3(5)6/h5-9,20,30,34H,3-4,10-19H2,1-2H3,(H,31,36);2,4H,1H3,(H,5,6)/t;2-/m.1/s1. The average Bonchev–Trinajstić information content (AvgIpc) is 3.40. The minimum atomic E-state index is -1.23. The number of fused-ring (bicyclic) bond motifs is 1. The summed E-state index contributed by atoms with van der Waals surface area (Å²) in [6.07, 6.45) is 0.603. The van der Waals surface area contributed by atoms with Crippen molar-refractivity contribution in [3.8, 4) is 5.75 Å². The van der Waals surface area contributed by atoms with Gasteiger partial charge in [0.05, 0.1) is 24.3 Å². The van der Waals surface area contributed by atoms with Gasteiger partial charge >= 0.3 is 10.8 Å². The fourth-order valence-electron chi connectivity index (χ4n) is 4.30. The Morgan fingerprint density at radius 1 is 1.07 bits per heavy atom. The smallest absolute Gasteiger partial charge is 0.332 e. The summed E-state index contributed by atoms with van der Waals surface area (Å²) in [6, 6.07) is 11.2. The Hall–Kier alpha value is -3.00. The normalized spacial score (nSPS) is 11.8. The summed E-state index contributed by atoms with van der Waals surface area (Å²) in [5, 5.41) is 29.9. The number of hydrogen-bond donors (Lipinski definition) is 5. The van der Waals surface area contributed by atoms with Crippen LogP contribution >= 0.6 is 22.9 Å². The monoisotopic (exact) mass is 652 g/mol. The van der Waals surface area contributed by atoms with Crippen LogP contribution < -0.4 is 10.2 Å². The number of aliphatic carboxylic acids is 1. The molecule has 0 bridgehead atoms. The third-order valence-electron chi connectivity index (χ3n) is 6.94. The highest BCUT2D eigenvalue weighted by molar-refractivity contribution is 7.16. The molecule has 0 saturated heterocycles. The molecule has 1 aromatic heterocycles. The van der Waals surface area contributed by atoms with E-state index in [4.69, 9.17) is 26.6 Å². The zero-order chi connectivity index (χ0) is 32.5. The number of aliphatic hydroxyl groups excluding tert-OH is 1. The number of aromatic nitrogens is 1. The van der Waals surface area contributed by atoms with Crippen molar-refractivity contribution in [2.24, 2.45) is 0 Å². The Balaban J connectivity index is 0.00000102. The van der Waals surface area contributed by atoms with E-state index < -0.39 is 12.1 Å². The number of amides is 1. The van der Waals surface area contributed by atoms with Gasteiger partial charge in [0.2, 0.25) is 5.91 Å². The predicted molar refractivity (Wildman–Crippen MR) is 175 cm³/mol. The molecule has 3 rings (SSSR count). The van der Waals surface area contributed by atoms with Crippen LogP contribution in [0.2, 0.25) is 5.02 Å². The lowest BCUT2D eigenvalue weighted by Crippen LogP contribution is -2.42. The molecule has 0 unspecified atom stereocenters. The molecule has 1 atom stereocenters. The molecule has 0 fully saturated rings. The topological polar surface area (TPSA) is 155 Å². The number of thiazole rings is 1. The third kappa shape index (κ3) is 13.3. The number of carboxylic acids is 1. The maximum atomic E-state index is 13.0. The van der Waals surface area contributed by atoms with Crippen LogP contribution in [0.4, 0.5) is 0 Å². The predicted octanol–water partition coefficient (Wildman–Crippen LogP) is 3.35. The number of aliphatic hydroxyl groups is 1. The zero-order valence-electron chi connectivity index (χ0n) is 25.7. The molecule has 1 heterocycles. The summed E-state index contributed by atoms with van der Waals surface area (Å²) in [6.45, 7) is 11.8. The lowest BCUT2D eigenvalue weighted by molar-refractivity contribution is -0.145. The Morgan fingerprint density at radius 2 is 1.80 bits per heavy atom. The van der Waals surface area contributed by atoms with E-state index in [0.717, 1.165) is 59.6 Å². The number of phenolic OH excluding ortho intramolecular Hbond substituents is 1. The van der Waals surface area contributed by atoms with E-state index in [1.807, 2.05) is 35.2 Å². The van der Waals surface area contributed by atoms with E-state index >= 15 is 0 Å². The van der Waals surface area contributed by atoms with Gasteiger partial charge in [0.25, 0.3) is 0 Å². The number of aromatic amines is 1. The molecule has 1 amide bonds. The second-order valence-electron chi connectivity index (χ2n) is 10.1. The van der Waals surface area contributed by atoms with Crippen molar-refractivity contribution in [3.63, 3.8) is 0 Å². The summed E-state index contributed by atoms with van der Waals surface area (Å²) >= 11 is 7.15. The molecule has 3 aromatic rings. The van der Waals surface area contributed by atoms with Crippen LogP contribution in [0.5, 0.6) is 5.75 Å². The highest BCUT2D eigenvalue weighted by Crippen LogP contribution is 2.27. The fourth-order valence-corrected chi connectivity index (χ4v) is 5.41. The van der Waals surface area contributed by atoms with E-state index in [1.165, 1.54) is 6.92 Å². The number of nitrogens with zero attached hydrogens (tertiary/aromatic N) is 2. The van der Waals surface area contributed by atoms with Crippen LogP contribution in [0.1, 0.15) is 38.3 Å². The number of carbonyl (C=O) groups excluding carboxylic acids is 1. The van der Waals surface area contributed by atoms with Crippen molar-refractivity contribution in [2.45, 2.75) is 46.1 Å². The number of carboxylic acid groups (broad SMARTS) is 1. The number of likely N-dealkylation sites (N-methyl/N-ethyl adjacent to an activating group) is 1. The molecule has 0 aliphatic rings. The van der Waals surface area contributed by atoms with Gasteiger partial charge in [0.15, 0.2) is 0 Å². The van der Waals surface area contributed by atoms with E-state index in [1.54, 1.807) is 6.07 Å². The maximum Gasteiger partial charge on any atom is 0.332 e. The molecule has 0 aliphatic heterocycles. The van der Waals surface area contributed by atoms with E-state index in [-0.39, 0.29) is 16.5 Å². The summed E-state index contributed by atoms with van der Waals surface area (Å²) in [4.78, 5) is 40.9. The molecule has 0 spiro atoms. The summed E-state index contributed by atoms with van der Waals surface area (Å²) in [7, 11) is 0. The number of halogens is 1. The van der Waals surface area contributed by atoms with Crippen LogP contribution in [-0.2, 0) is 27.2 Å². The molecule has 5 N–H and O–H groups in total. The minimum absolute atomic E-state index is 0.0888. The van der Waals surface area contributed by atoms with Crippen LogP contribution in [0, 0.1) is 0 Å². The van der Waals surface area contributed by atoms with E-state index in [9.17, 15) is 19.5 Å². The first kappa shape index (κ1) is 37.2. The second kappa shape index (κ2) is 20.1.